The lowest BCUT2D eigenvalue weighted by Crippen LogP contribution is -2.48. The van der Waals surface area contributed by atoms with E-state index in [0.717, 1.165) is 29.7 Å². The van der Waals surface area contributed by atoms with Crippen molar-refractivity contribution in [3.8, 4) is 5.75 Å². The van der Waals surface area contributed by atoms with Gasteiger partial charge in [-0.3, -0.25) is 9.69 Å². The fourth-order valence-electron chi connectivity index (χ4n) is 2.70. The number of hydrogen-bond acceptors (Lipinski definition) is 5. The minimum absolute atomic E-state index is 0.0809. The van der Waals surface area contributed by atoms with Crippen molar-refractivity contribution in [3.05, 3.63) is 30.5 Å². The third kappa shape index (κ3) is 2.90. The highest BCUT2D eigenvalue weighted by atomic mass is 16.4. The van der Waals surface area contributed by atoms with Crippen LogP contribution in [0.1, 0.15) is 0 Å². The Morgan fingerprint density at radius 3 is 2.67 bits per heavy atom. The minimum atomic E-state index is -0.795. The van der Waals surface area contributed by atoms with Crippen LogP contribution in [0.15, 0.2) is 30.5 Å². The van der Waals surface area contributed by atoms with Gasteiger partial charge in [0.2, 0.25) is 0 Å². The molecular formula is C15H17N3O3. The molecule has 1 aliphatic rings. The van der Waals surface area contributed by atoms with Crippen LogP contribution in [0.25, 0.3) is 10.8 Å². The van der Waals surface area contributed by atoms with E-state index >= 15 is 0 Å². The molecule has 0 spiro atoms. The number of piperazine rings is 1. The van der Waals surface area contributed by atoms with Gasteiger partial charge >= 0.3 is 5.97 Å². The Kier molecular flexibility index (Phi) is 3.62. The van der Waals surface area contributed by atoms with Crippen molar-refractivity contribution in [2.75, 3.05) is 37.6 Å². The van der Waals surface area contributed by atoms with E-state index in [2.05, 4.69) is 9.88 Å². The number of benzene rings is 1. The second-order valence-corrected chi connectivity index (χ2v) is 5.20. The van der Waals surface area contributed by atoms with Crippen LogP contribution in [-0.2, 0) is 4.79 Å². The van der Waals surface area contributed by atoms with Gasteiger partial charge in [-0.25, -0.2) is 4.98 Å². The number of aliphatic carboxylic acids is 1. The molecule has 2 aromatic rings. The van der Waals surface area contributed by atoms with Gasteiger partial charge in [-0.05, 0) is 23.6 Å². The van der Waals surface area contributed by atoms with Gasteiger partial charge in [0, 0.05) is 37.8 Å². The fraction of sp³-hybridized carbons (Fsp3) is 0.333. The predicted molar refractivity (Wildman–Crippen MR) is 79.7 cm³/mol. The Bertz CT molecular complexity index is 666. The number of aromatic nitrogens is 1. The van der Waals surface area contributed by atoms with Gasteiger partial charge in [-0.1, -0.05) is 6.07 Å². The topological polar surface area (TPSA) is 76.9 Å². The Morgan fingerprint density at radius 2 is 1.95 bits per heavy atom. The van der Waals surface area contributed by atoms with Crippen LogP contribution in [0.3, 0.4) is 0 Å². The van der Waals surface area contributed by atoms with Crippen LogP contribution in [0.4, 0.5) is 5.82 Å². The molecule has 6 heteroatoms. The highest BCUT2D eigenvalue weighted by Gasteiger charge is 2.20. The Balaban J connectivity index is 1.82. The first-order valence-electron chi connectivity index (χ1n) is 6.90. The molecule has 1 aliphatic heterocycles. The number of hydrogen-bond donors (Lipinski definition) is 2. The normalized spacial score (nSPS) is 16.3. The monoisotopic (exact) mass is 287 g/mol. The third-order valence-corrected chi connectivity index (χ3v) is 3.76. The molecule has 1 aromatic heterocycles. The van der Waals surface area contributed by atoms with Crippen molar-refractivity contribution < 1.29 is 15.0 Å². The highest BCUT2D eigenvalue weighted by molar-refractivity contribution is 5.93. The molecular weight excluding hydrogens is 270 g/mol. The molecule has 0 radical (unpaired) electrons. The number of aromatic hydroxyl groups is 1. The lowest BCUT2D eigenvalue weighted by Gasteiger charge is -2.35. The second-order valence-electron chi connectivity index (χ2n) is 5.20. The van der Waals surface area contributed by atoms with E-state index in [1.165, 1.54) is 0 Å². The second kappa shape index (κ2) is 5.57. The number of pyridine rings is 1. The lowest BCUT2D eigenvalue weighted by molar-refractivity contribution is -0.138. The molecule has 3 rings (SSSR count). The van der Waals surface area contributed by atoms with E-state index in [4.69, 9.17) is 5.11 Å². The Labute approximate surface area is 122 Å². The average Bonchev–Trinajstić information content (AvgIpc) is 2.47. The largest absolute Gasteiger partial charge is 0.508 e. The highest BCUT2D eigenvalue weighted by Crippen LogP contribution is 2.28. The van der Waals surface area contributed by atoms with Crippen LogP contribution in [0.5, 0.6) is 5.75 Å². The Morgan fingerprint density at radius 1 is 1.19 bits per heavy atom. The zero-order valence-corrected chi connectivity index (χ0v) is 11.6. The summed E-state index contributed by atoms with van der Waals surface area (Å²) in [4.78, 5) is 19.2. The summed E-state index contributed by atoms with van der Waals surface area (Å²) in [5.74, 6) is 0.274. The SMILES string of the molecule is O=C(O)CN1CCN(c2nccc3ccc(O)cc23)CC1. The number of phenolic OH excluding ortho intramolecular Hbond substituents is 1. The van der Waals surface area contributed by atoms with Crippen LogP contribution in [0.2, 0.25) is 0 Å². The molecule has 1 aromatic carbocycles. The van der Waals surface area contributed by atoms with Gasteiger partial charge in [0.05, 0.1) is 6.54 Å². The first-order valence-corrected chi connectivity index (χ1v) is 6.90. The summed E-state index contributed by atoms with van der Waals surface area (Å²) in [5.41, 5.74) is 0. The molecule has 110 valence electrons. The molecule has 2 heterocycles. The van der Waals surface area contributed by atoms with Crippen molar-refractivity contribution in [2.45, 2.75) is 0 Å². The minimum Gasteiger partial charge on any atom is -0.508 e. The number of nitrogens with zero attached hydrogens (tertiary/aromatic N) is 3. The van der Waals surface area contributed by atoms with Crippen molar-refractivity contribution >= 4 is 22.6 Å². The van der Waals surface area contributed by atoms with E-state index in [0.29, 0.717) is 13.1 Å². The zero-order chi connectivity index (χ0) is 14.8. The number of carboxylic acids is 1. The molecule has 0 unspecified atom stereocenters. The van der Waals surface area contributed by atoms with E-state index < -0.39 is 5.97 Å². The van der Waals surface area contributed by atoms with Crippen molar-refractivity contribution in [2.24, 2.45) is 0 Å². The summed E-state index contributed by atoms with van der Waals surface area (Å²) >= 11 is 0. The summed E-state index contributed by atoms with van der Waals surface area (Å²) < 4.78 is 0. The summed E-state index contributed by atoms with van der Waals surface area (Å²) in [6, 6.07) is 7.17. The zero-order valence-electron chi connectivity index (χ0n) is 11.6. The quantitative estimate of drug-likeness (QED) is 0.882. The van der Waals surface area contributed by atoms with Gasteiger partial charge in [-0.15, -0.1) is 0 Å². The molecule has 0 amide bonds. The molecule has 6 nitrogen and oxygen atoms in total. The fourth-order valence-corrected chi connectivity index (χ4v) is 2.70. The van der Waals surface area contributed by atoms with Gasteiger partial charge in [0.25, 0.3) is 0 Å². The maximum Gasteiger partial charge on any atom is 0.317 e. The summed E-state index contributed by atoms with van der Waals surface area (Å²) in [6.07, 6.45) is 1.76. The first kappa shape index (κ1) is 13.6. The average molecular weight is 287 g/mol. The van der Waals surface area contributed by atoms with Gasteiger partial charge in [-0.2, -0.15) is 0 Å². The van der Waals surface area contributed by atoms with Crippen molar-refractivity contribution in [1.29, 1.82) is 0 Å². The first-order chi connectivity index (χ1) is 10.1. The summed E-state index contributed by atoms with van der Waals surface area (Å²) in [6.45, 7) is 2.94. The summed E-state index contributed by atoms with van der Waals surface area (Å²) in [7, 11) is 0. The number of carbonyl (C=O) groups is 1. The standard InChI is InChI=1S/C15H17N3O3/c19-12-2-1-11-3-4-16-15(13(11)9-12)18-7-5-17(6-8-18)10-14(20)21/h1-4,9,19H,5-8,10H2,(H,20,21). The molecule has 1 fully saturated rings. The number of phenols is 1. The molecule has 1 saturated heterocycles. The molecule has 0 saturated carbocycles. The van der Waals surface area contributed by atoms with E-state index in [1.54, 1.807) is 18.3 Å². The molecule has 0 bridgehead atoms. The van der Waals surface area contributed by atoms with E-state index in [9.17, 15) is 9.90 Å². The molecule has 0 atom stereocenters. The van der Waals surface area contributed by atoms with Gasteiger partial charge in [0.1, 0.15) is 11.6 Å². The maximum atomic E-state index is 10.7. The summed E-state index contributed by atoms with van der Waals surface area (Å²) in [5, 5.41) is 20.5. The van der Waals surface area contributed by atoms with Crippen LogP contribution < -0.4 is 4.90 Å². The van der Waals surface area contributed by atoms with Crippen LogP contribution in [0, 0.1) is 0 Å². The molecule has 0 aliphatic carbocycles. The number of carboxylic acid groups (broad SMARTS) is 1. The Hall–Kier alpha value is -2.34. The van der Waals surface area contributed by atoms with E-state index in [-0.39, 0.29) is 12.3 Å². The van der Waals surface area contributed by atoms with Crippen molar-refractivity contribution in [1.82, 2.24) is 9.88 Å². The predicted octanol–water partition coefficient (Wildman–Crippen LogP) is 1.15. The number of rotatable bonds is 3. The molecule has 21 heavy (non-hydrogen) atoms. The van der Waals surface area contributed by atoms with Crippen LogP contribution in [-0.4, -0.2) is 58.8 Å². The van der Waals surface area contributed by atoms with Crippen LogP contribution >= 0.6 is 0 Å². The number of anilines is 1. The smallest absolute Gasteiger partial charge is 0.317 e. The van der Waals surface area contributed by atoms with E-state index in [1.807, 2.05) is 17.0 Å². The lowest BCUT2D eigenvalue weighted by atomic mass is 10.1. The molecule has 2 N–H and O–H groups in total. The third-order valence-electron chi connectivity index (χ3n) is 3.76. The van der Waals surface area contributed by atoms with Gasteiger partial charge in [0.15, 0.2) is 0 Å². The van der Waals surface area contributed by atoms with Gasteiger partial charge < -0.3 is 15.1 Å². The number of fused-ring (bicyclic) bond motifs is 1. The maximum absolute atomic E-state index is 10.7. The van der Waals surface area contributed by atoms with Crippen molar-refractivity contribution in [3.63, 3.8) is 0 Å².